The first-order valence-electron chi connectivity index (χ1n) is 18.0. The van der Waals surface area contributed by atoms with Crippen molar-refractivity contribution in [3.8, 4) is 11.3 Å². The topological polar surface area (TPSA) is 129 Å². The quantitative estimate of drug-likeness (QED) is 0.0746. The Hall–Kier alpha value is -4.12. The lowest BCUT2D eigenvalue weighted by Gasteiger charge is -2.30. The van der Waals surface area contributed by atoms with Gasteiger partial charge in [-0.2, -0.15) is 32.1 Å². The lowest BCUT2D eigenvalue weighted by molar-refractivity contribution is -0.141. The van der Waals surface area contributed by atoms with Crippen LogP contribution in [0.15, 0.2) is 58.3 Å². The summed E-state index contributed by atoms with van der Waals surface area (Å²) in [5.41, 5.74) is -1.39. The molecule has 0 aliphatic heterocycles. The maximum atomic E-state index is 14.3. The number of nitrogens with one attached hydrogen (secondary N) is 2. The van der Waals surface area contributed by atoms with Gasteiger partial charge < -0.3 is 15.2 Å². The molecule has 3 atom stereocenters. The third-order valence-electron chi connectivity index (χ3n) is 10.5. The molecule has 0 unspecified atom stereocenters. The van der Waals surface area contributed by atoms with Crippen molar-refractivity contribution >= 4 is 39.3 Å². The van der Waals surface area contributed by atoms with Gasteiger partial charge in [0.05, 0.1) is 29.4 Å². The van der Waals surface area contributed by atoms with Gasteiger partial charge in [0.25, 0.3) is 5.56 Å². The zero-order valence-electron chi connectivity index (χ0n) is 29.9. The summed E-state index contributed by atoms with van der Waals surface area (Å²) in [7, 11) is 0. The van der Waals surface area contributed by atoms with E-state index in [1.165, 1.54) is 12.3 Å². The highest BCUT2D eigenvalue weighted by Crippen LogP contribution is 2.63. The summed E-state index contributed by atoms with van der Waals surface area (Å²) in [6.07, 6.45) is 3.26. The Morgan fingerprint density at radius 3 is 2.47 bits per heavy atom. The van der Waals surface area contributed by atoms with Gasteiger partial charge in [0.15, 0.2) is 5.69 Å². The first kappa shape index (κ1) is 39.1. The summed E-state index contributed by atoms with van der Waals surface area (Å²) in [6.45, 7) is -0.0406. The highest BCUT2D eigenvalue weighted by Gasteiger charge is 2.61. The van der Waals surface area contributed by atoms with Crippen LogP contribution < -0.4 is 16.2 Å². The highest BCUT2D eigenvalue weighted by molar-refractivity contribution is 9.10. The van der Waals surface area contributed by atoms with Gasteiger partial charge in [0, 0.05) is 59.9 Å². The molecule has 0 spiro atoms. The van der Waals surface area contributed by atoms with Crippen molar-refractivity contribution in [2.24, 2.45) is 5.41 Å². The van der Waals surface area contributed by atoms with Crippen molar-refractivity contribution in [1.29, 1.82) is 0 Å². The molecular formula is C37H39BrClF5N8O3. The average Bonchev–Trinajstić information content (AvgIpc) is 4.05. The van der Waals surface area contributed by atoms with Crippen LogP contribution in [0.5, 0.6) is 0 Å². The van der Waals surface area contributed by atoms with Gasteiger partial charge in [-0.25, -0.2) is 9.67 Å². The molecule has 4 heterocycles. The van der Waals surface area contributed by atoms with Crippen molar-refractivity contribution in [2.45, 2.75) is 108 Å². The number of carbonyl (C=O) groups is 2. The molecule has 2 amide bonds. The third kappa shape index (κ3) is 8.52. The minimum atomic E-state index is -4.79. The summed E-state index contributed by atoms with van der Waals surface area (Å²) < 4.78 is 72.4. The first-order chi connectivity index (χ1) is 26.0. The molecule has 3 aliphatic carbocycles. The fourth-order valence-corrected chi connectivity index (χ4v) is 8.00. The number of aromatic nitrogens is 6. The molecule has 2 N–H and O–H groups in total. The highest BCUT2D eigenvalue weighted by atomic mass is 79.9. The van der Waals surface area contributed by atoms with Gasteiger partial charge in [-0.3, -0.25) is 19.1 Å². The van der Waals surface area contributed by atoms with Gasteiger partial charge in [-0.05, 0) is 97.6 Å². The average molecular weight is 854 g/mol. The fourth-order valence-electron chi connectivity index (χ4n) is 7.34. The van der Waals surface area contributed by atoms with E-state index in [0.717, 1.165) is 53.9 Å². The third-order valence-corrected chi connectivity index (χ3v) is 11.1. The molecule has 4 aromatic rings. The zero-order chi connectivity index (χ0) is 39.4. The Balaban J connectivity index is 1.15. The van der Waals surface area contributed by atoms with Crippen LogP contribution in [0.3, 0.4) is 0 Å². The van der Waals surface area contributed by atoms with Gasteiger partial charge >= 0.3 is 12.7 Å². The van der Waals surface area contributed by atoms with Crippen LogP contribution in [-0.4, -0.2) is 58.4 Å². The fraction of sp³-hybridized carbons (Fsp3) is 0.514. The standard InChI is InChI=1S/C37H39BrClF5N8O3/c1-35(2,19-52-27(15-28(49-52)37(42,43)44)22-9-12-50(23-5-6-23)30(53)14-22)48-32(54)26(13-20-17-45-51(18-20)34(40)41)46-33(55)36(10-11-39)16-25(36)24-7-8-29(38)47-31(24)21-3-4-21/h7-9,12,14-15,17-18,21,23,25-26,34H,3-6,10-11,13,16,19H2,1-2H3,(H,46,55)(H,48,54)/t25-,26+,36+/m0/s1. The van der Waals surface area contributed by atoms with E-state index in [1.807, 2.05) is 12.1 Å². The summed E-state index contributed by atoms with van der Waals surface area (Å²) in [5, 5.41) is 13.2. The van der Waals surface area contributed by atoms with E-state index in [1.54, 1.807) is 30.7 Å². The van der Waals surface area contributed by atoms with Crippen molar-refractivity contribution in [2.75, 3.05) is 5.88 Å². The molecule has 294 valence electrons. The Bertz CT molecular complexity index is 2160. The van der Waals surface area contributed by atoms with Crippen LogP contribution >= 0.6 is 27.5 Å². The maximum absolute atomic E-state index is 14.3. The summed E-state index contributed by atoms with van der Waals surface area (Å²) in [4.78, 5) is 46.0. The number of nitrogens with zero attached hydrogens (tertiary/aromatic N) is 6. The molecule has 3 fully saturated rings. The monoisotopic (exact) mass is 852 g/mol. The van der Waals surface area contributed by atoms with Crippen molar-refractivity contribution in [1.82, 2.24) is 39.7 Å². The lowest BCUT2D eigenvalue weighted by Crippen LogP contribution is -2.56. The Labute approximate surface area is 326 Å². The van der Waals surface area contributed by atoms with Crippen LogP contribution in [0.1, 0.15) is 99.3 Å². The molecule has 18 heteroatoms. The largest absolute Gasteiger partial charge is 0.435 e. The van der Waals surface area contributed by atoms with Crippen LogP contribution in [0.2, 0.25) is 0 Å². The predicted octanol–water partition coefficient (Wildman–Crippen LogP) is 7.12. The SMILES string of the molecule is CC(C)(Cn1nc(C(F)(F)F)cc1-c1ccn(C2CC2)c(=O)c1)NC(=O)[C@@H](Cc1cnn(C(F)F)c1)NC(=O)[C@]1(CCCl)C[C@H]1c1ccc(Br)nc1C1CC1. The second-order valence-electron chi connectivity index (χ2n) is 15.4. The molecule has 55 heavy (non-hydrogen) atoms. The Morgan fingerprint density at radius 1 is 1.11 bits per heavy atom. The smallest absolute Gasteiger partial charge is 0.348 e. The summed E-state index contributed by atoms with van der Waals surface area (Å²) in [6, 6.07) is 6.24. The molecule has 11 nitrogen and oxygen atoms in total. The van der Waals surface area contributed by atoms with E-state index in [2.05, 4.69) is 36.8 Å². The number of pyridine rings is 2. The van der Waals surface area contributed by atoms with Crippen LogP contribution in [0.4, 0.5) is 22.0 Å². The molecule has 4 aromatic heterocycles. The van der Waals surface area contributed by atoms with Gasteiger partial charge in [0.2, 0.25) is 11.8 Å². The van der Waals surface area contributed by atoms with E-state index < -0.39 is 47.2 Å². The molecule has 0 bridgehead atoms. The minimum Gasteiger partial charge on any atom is -0.348 e. The van der Waals surface area contributed by atoms with Gasteiger partial charge in [-0.1, -0.05) is 6.07 Å². The van der Waals surface area contributed by atoms with E-state index in [4.69, 9.17) is 16.6 Å². The molecule has 3 saturated carbocycles. The number of amides is 2. The van der Waals surface area contributed by atoms with Crippen LogP contribution in [0.25, 0.3) is 11.3 Å². The van der Waals surface area contributed by atoms with Gasteiger partial charge in [0.1, 0.15) is 10.6 Å². The van der Waals surface area contributed by atoms with Crippen molar-refractivity contribution in [3.63, 3.8) is 0 Å². The zero-order valence-corrected chi connectivity index (χ0v) is 32.3. The molecule has 0 saturated heterocycles. The number of rotatable bonds is 15. The minimum absolute atomic E-state index is 0.0229. The normalized spacial score (nSPS) is 20.4. The first-order valence-corrected chi connectivity index (χ1v) is 19.3. The molecule has 0 aromatic carbocycles. The lowest BCUT2D eigenvalue weighted by atomic mass is 9.92. The van der Waals surface area contributed by atoms with E-state index in [0.29, 0.717) is 28.0 Å². The summed E-state index contributed by atoms with van der Waals surface area (Å²) >= 11 is 9.69. The van der Waals surface area contributed by atoms with E-state index in [9.17, 15) is 36.3 Å². The van der Waals surface area contributed by atoms with E-state index >= 15 is 0 Å². The number of carbonyl (C=O) groups excluding carboxylic acids is 2. The van der Waals surface area contributed by atoms with Crippen LogP contribution in [-0.2, 0) is 28.7 Å². The van der Waals surface area contributed by atoms with E-state index in [-0.39, 0.29) is 53.2 Å². The molecule has 0 radical (unpaired) electrons. The number of hydrogen-bond acceptors (Lipinski definition) is 6. The molecule has 3 aliphatic rings. The van der Waals surface area contributed by atoms with Crippen molar-refractivity contribution in [3.05, 3.63) is 86.4 Å². The number of halogens is 7. The van der Waals surface area contributed by atoms with Crippen molar-refractivity contribution < 1.29 is 31.5 Å². The Kier molecular flexibility index (Phi) is 10.5. The second kappa shape index (κ2) is 14.8. The molecular weight excluding hydrogens is 815 g/mol. The number of alkyl halides is 6. The summed E-state index contributed by atoms with van der Waals surface area (Å²) in [5.74, 6) is -0.895. The maximum Gasteiger partial charge on any atom is 0.435 e. The number of hydrogen-bond donors (Lipinski definition) is 2. The Morgan fingerprint density at radius 2 is 1.85 bits per heavy atom. The van der Waals surface area contributed by atoms with Gasteiger partial charge in [-0.15, -0.1) is 11.6 Å². The molecule has 7 rings (SSSR count). The second-order valence-corrected chi connectivity index (χ2v) is 16.6. The van der Waals surface area contributed by atoms with Crippen LogP contribution in [0, 0.1) is 5.41 Å². The predicted molar refractivity (Wildman–Crippen MR) is 196 cm³/mol.